The highest BCUT2D eigenvalue weighted by Crippen LogP contribution is 2.08. The van der Waals surface area contributed by atoms with E-state index in [4.69, 9.17) is 0 Å². The molecule has 0 aromatic carbocycles. The lowest BCUT2D eigenvalue weighted by molar-refractivity contribution is 0.764. The van der Waals surface area contributed by atoms with Gasteiger partial charge < -0.3 is 0 Å². The molecule has 4 heteroatoms. The summed E-state index contributed by atoms with van der Waals surface area (Å²) >= 11 is 0. The molecule has 0 saturated heterocycles. The van der Waals surface area contributed by atoms with Gasteiger partial charge in [-0.2, -0.15) is 10.5 Å². The molecule has 1 aromatic rings. The lowest BCUT2D eigenvalue weighted by Gasteiger charge is -1.90. The van der Waals surface area contributed by atoms with Crippen molar-refractivity contribution >= 4 is 5.71 Å². The van der Waals surface area contributed by atoms with E-state index in [2.05, 4.69) is 15.6 Å². The Balaban J connectivity index is 2.45. The molecule has 0 N–H and O–H groups in total. The Bertz CT molecular complexity index is 359. The van der Waals surface area contributed by atoms with Crippen LogP contribution in [0.3, 0.4) is 0 Å². The molecule has 1 aliphatic rings. The fourth-order valence-electron chi connectivity index (χ4n) is 1.22. The average Bonchev–Trinajstić information content (AvgIpc) is 2.58. The van der Waals surface area contributed by atoms with Gasteiger partial charge in [0.2, 0.25) is 0 Å². The topological polar surface area (TPSA) is 44.3 Å². The number of aryl methyl sites for hydroxylation is 2. The minimum absolute atomic E-state index is 0.841. The Hall–Kier alpha value is -1.58. The summed E-state index contributed by atoms with van der Waals surface area (Å²) in [6, 6.07) is 0. The van der Waals surface area contributed by atoms with Gasteiger partial charge in [-0.1, -0.05) is 0 Å². The summed E-state index contributed by atoms with van der Waals surface area (Å²) in [5, 5.41) is 8.20. The van der Waals surface area contributed by atoms with Crippen LogP contribution < -0.4 is 5.43 Å². The average molecular weight is 161 g/mol. The molecule has 4 nitrogen and oxygen atoms in total. The van der Waals surface area contributed by atoms with Crippen LogP contribution in [-0.4, -0.2) is 15.5 Å². The van der Waals surface area contributed by atoms with Crippen LogP contribution in [0.5, 0.6) is 0 Å². The largest absolute Gasteiger partial charge is 0.275 e. The molecule has 0 bridgehead atoms. The number of aromatic nitrogens is 2. The van der Waals surface area contributed by atoms with E-state index in [0.717, 1.165) is 17.0 Å². The maximum atomic E-state index is 4.27. The Morgan fingerprint density at radius 2 is 2.25 bits per heavy atom. The highest BCUT2D eigenvalue weighted by molar-refractivity contribution is 6.08. The number of hydrogen-bond donors (Lipinski definition) is 0. The monoisotopic (exact) mass is 161 g/mol. The second kappa shape index (κ2) is 2.48. The predicted octanol–water partition coefficient (Wildman–Crippen LogP) is 0.564. The van der Waals surface area contributed by atoms with Crippen molar-refractivity contribution in [1.82, 2.24) is 15.2 Å². The molecule has 2 rings (SSSR count). The van der Waals surface area contributed by atoms with Gasteiger partial charge in [-0.15, -0.1) is 5.10 Å². The van der Waals surface area contributed by atoms with Crippen LogP contribution >= 0.6 is 0 Å². The van der Waals surface area contributed by atoms with Gasteiger partial charge in [0.1, 0.15) is 11.4 Å². The summed E-state index contributed by atoms with van der Waals surface area (Å²) in [6.45, 7) is 2.01. The van der Waals surface area contributed by atoms with E-state index in [0.29, 0.717) is 0 Å². The van der Waals surface area contributed by atoms with Crippen LogP contribution in [0.15, 0.2) is 23.6 Å². The fraction of sp³-hybridized carbons (Fsp3) is 0.250. The lowest BCUT2D eigenvalue weighted by Crippen LogP contribution is -1.99. The Kier molecular flexibility index (Phi) is 1.46. The van der Waals surface area contributed by atoms with E-state index in [9.17, 15) is 0 Å². The zero-order chi connectivity index (χ0) is 8.55. The van der Waals surface area contributed by atoms with Crippen molar-refractivity contribution in [2.45, 2.75) is 6.92 Å². The van der Waals surface area contributed by atoms with E-state index in [1.54, 1.807) is 10.9 Å². The summed E-state index contributed by atoms with van der Waals surface area (Å²) in [6.07, 6.45) is 5.49. The molecular formula is C8H9N4. The van der Waals surface area contributed by atoms with Crippen LogP contribution in [-0.2, 0) is 7.05 Å². The number of hydrogen-bond acceptors (Lipinski definition) is 2. The number of allylic oxidation sites excluding steroid dienone is 1. The normalized spacial score (nSPS) is 14.7. The molecular weight excluding hydrogens is 152 g/mol. The van der Waals surface area contributed by atoms with Crippen LogP contribution in [0.4, 0.5) is 0 Å². The maximum Gasteiger partial charge on any atom is 0.116 e. The first-order valence-electron chi connectivity index (χ1n) is 3.72. The Labute approximate surface area is 70.6 Å². The van der Waals surface area contributed by atoms with Crippen molar-refractivity contribution in [1.29, 1.82) is 0 Å². The van der Waals surface area contributed by atoms with Crippen LogP contribution in [0.25, 0.3) is 0 Å². The maximum absolute atomic E-state index is 4.27. The molecule has 0 aliphatic carbocycles. The molecule has 1 aliphatic heterocycles. The van der Waals surface area contributed by atoms with Crippen molar-refractivity contribution in [3.05, 3.63) is 29.7 Å². The molecule has 0 fully saturated rings. The molecule has 0 unspecified atom stereocenters. The molecule has 1 radical (unpaired) electrons. The van der Waals surface area contributed by atoms with Gasteiger partial charge in [-0.3, -0.25) is 4.68 Å². The van der Waals surface area contributed by atoms with Crippen molar-refractivity contribution in [3.8, 4) is 0 Å². The summed E-state index contributed by atoms with van der Waals surface area (Å²) < 4.78 is 1.78. The van der Waals surface area contributed by atoms with E-state index in [1.165, 1.54) is 0 Å². The molecule has 0 saturated carbocycles. The molecule has 2 heterocycles. The summed E-state index contributed by atoms with van der Waals surface area (Å²) in [5.41, 5.74) is 6.63. The zero-order valence-electron chi connectivity index (χ0n) is 7.02. The van der Waals surface area contributed by atoms with Gasteiger partial charge in [-0.25, -0.2) is 0 Å². The van der Waals surface area contributed by atoms with Gasteiger partial charge in [-0.05, 0) is 18.6 Å². The molecule has 61 valence electrons. The third-order valence-electron chi connectivity index (χ3n) is 1.72. The van der Waals surface area contributed by atoms with Crippen molar-refractivity contribution in [2.24, 2.45) is 12.1 Å². The first-order chi connectivity index (χ1) is 5.77. The quantitative estimate of drug-likeness (QED) is 0.593. The van der Waals surface area contributed by atoms with E-state index in [-0.39, 0.29) is 0 Å². The second-order valence-electron chi connectivity index (χ2n) is 2.75. The van der Waals surface area contributed by atoms with Gasteiger partial charge in [0.15, 0.2) is 0 Å². The zero-order valence-corrected chi connectivity index (χ0v) is 7.02. The molecule has 12 heavy (non-hydrogen) atoms. The summed E-state index contributed by atoms with van der Waals surface area (Å²) in [4.78, 5) is 0. The van der Waals surface area contributed by atoms with E-state index in [1.807, 2.05) is 26.2 Å². The van der Waals surface area contributed by atoms with Crippen molar-refractivity contribution < 1.29 is 0 Å². The van der Waals surface area contributed by atoms with Gasteiger partial charge in [0.05, 0.1) is 6.20 Å². The van der Waals surface area contributed by atoms with Crippen LogP contribution in [0.2, 0.25) is 0 Å². The number of nitrogens with zero attached hydrogens (tertiary/aromatic N) is 4. The predicted molar refractivity (Wildman–Crippen MR) is 45.8 cm³/mol. The SMILES string of the molecule is Cc1cn(C)nc1C1=N[N]C=C1. The third-order valence-corrected chi connectivity index (χ3v) is 1.72. The fourth-order valence-corrected chi connectivity index (χ4v) is 1.22. The first-order valence-corrected chi connectivity index (χ1v) is 3.72. The van der Waals surface area contributed by atoms with Crippen molar-refractivity contribution in [2.75, 3.05) is 0 Å². The summed E-state index contributed by atoms with van der Waals surface area (Å²) in [7, 11) is 1.90. The highest BCUT2D eigenvalue weighted by Gasteiger charge is 2.10. The highest BCUT2D eigenvalue weighted by atomic mass is 15.3. The molecule has 1 aromatic heterocycles. The Morgan fingerprint density at radius 1 is 1.42 bits per heavy atom. The first kappa shape index (κ1) is 7.09. The van der Waals surface area contributed by atoms with E-state index >= 15 is 0 Å². The second-order valence-corrected chi connectivity index (χ2v) is 2.75. The van der Waals surface area contributed by atoms with Gasteiger partial charge in [0.25, 0.3) is 0 Å². The minimum Gasteiger partial charge on any atom is -0.275 e. The van der Waals surface area contributed by atoms with Crippen molar-refractivity contribution in [3.63, 3.8) is 0 Å². The lowest BCUT2D eigenvalue weighted by atomic mass is 10.2. The Morgan fingerprint density at radius 3 is 2.75 bits per heavy atom. The standard InChI is InChI=1S/C8H9N4/c1-6-5-12(2)11-8(6)7-3-4-9-10-7/h3-5H,1-2H3. The van der Waals surface area contributed by atoms with Crippen LogP contribution in [0.1, 0.15) is 11.3 Å². The molecule has 0 atom stereocenters. The van der Waals surface area contributed by atoms with Gasteiger partial charge in [0, 0.05) is 13.2 Å². The van der Waals surface area contributed by atoms with Gasteiger partial charge >= 0.3 is 0 Å². The number of rotatable bonds is 1. The summed E-state index contributed by atoms with van der Waals surface area (Å²) in [5.74, 6) is 0. The molecule has 0 spiro atoms. The third kappa shape index (κ3) is 1.01. The minimum atomic E-state index is 0.841. The smallest absolute Gasteiger partial charge is 0.116 e. The van der Waals surface area contributed by atoms with Crippen LogP contribution in [0, 0.1) is 6.92 Å². The molecule has 0 amide bonds. The van der Waals surface area contributed by atoms with E-state index < -0.39 is 0 Å².